The van der Waals surface area contributed by atoms with E-state index in [1.165, 1.54) is 11.1 Å². The Hall–Kier alpha value is -2.45. The number of benzene rings is 2. The molecule has 0 spiro atoms. The van der Waals surface area contributed by atoms with E-state index in [4.69, 9.17) is 4.98 Å². The number of aromatic nitrogens is 1. The molecular weight excluding hydrogens is 418 g/mol. The van der Waals surface area contributed by atoms with Crippen molar-refractivity contribution < 1.29 is 13.2 Å². The van der Waals surface area contributed by atoms with Gasteiger partial charge in [0.15, 0.2) is 15.0 Å². The normalized spacial score (nSPS) is 15.0. The molecule has 6 nitrogen and oxygen atoms in total. The van der Waals surface area contributed by atoms with Crippen LogP contribution in [0.3, 0.4) is 0 Å². The van der Waals surface area contributed by atoms with Gasteiger partial charge < -0.3 is 9.80 Å². The number of nitrogens with zero attached hydrogens (tertiary/aromatic N) is 3. The summed E-state index contributed by atoms with van der Waals surface area (Å²) in [7, 11) is -3.63. The van der Waals surface area contributed by atoms with Crippen molar-refractivity contribution in [3.05, 3.63) is 53.1 Å². The van der Waals surface area contributed by atoms with Gasteiger partial charge in [0, 0.05) is 26.2 Å². The SMILES string of the molecule is Cc1ccc(S(=O)(=O)CC(=O)N2CCN(c3nc4cc(C)c(C)cc4s3)CC2)cc1. The molecule has 0 aliphatic carbocycles. The molecule has 1 aromatic heterocycles. The van der Waals surface area contributed by atoms with Crippen molar-refractivity contribution in [2.75, 3.05) is 36.8 Å². The summed E-state index contributed by atoms with van der Waals surface area (Å²) in [6.45, 7) is 8.37. The minimum absolute atomic E-state index is 0.195. The molecule has 0 atom stereocenters. The Labute approximate surface area is 181 Å². The summed E-state index contributed by atoms with van der Waals surface area (Å²) in [5, 5.41) is 0.953. The van der Waals surface area contributed by atoms with E-state index in [9.17, 15) is 13.2 Å². The maximum atomic E-state index is 12.6. The fourth-order valence-corrected chi connectivity index (χ4v) is 5.86. The molecule has 30 heavy (non-hydrogen) atoms. The number of piperazine rings is 1. The fourth-order valence-electron chi connectivity index (χ4n) is 3.53. The highest BCUT2D eigenvalue weighted by Gasteiger charge is 2.27. The van der Waals surface area contributed by atoms with Crippen LogP contribution in [0.2, 0.25) is 0 Å². The Bertz CT molecular complexity index is 1150. The van der Waals surface area contributed by atoms with Crippen LogP contribution in [0.25, 0.3) is 10.2 Å². The highest BCUT2D eigenvalue weighted by Crippen LogP contribution is 2.31. The van der Waals surface area contributed by atoms with Gasteiger partial charge in [0.05, 0.1) is 15.1 Å². The molecule has 1 fully saturated rings. The van der Waals surface area contributed by atoms with E-state index >= 15 is 0 Å². The van der Waals surface area contributed by atoms with Gasteiger partial charge in [0.2, 0.25) is 5.91 Å². The van der Waals surface area contributed by atoms with Gasteiger partial charge in [-0.25, -0.2) is 13.4 Å². The highest BCUT2D eigenvalue weighted by molar-refractivity contribution is 7.92. The first-order valence-corrected chi connectivity index (χ1v) is 12.4. The summed E-state index contributed by atoms with van der Waals surface area (Å²) in [4.78, 5) is 21.4. The molecule has 0 unspecified atom stereocenters. The van der Waals surface area contributed by atoms with E-state index in [-0.39, 0.29) is 10.8 Å². The molecular formula is C22H25N3O3S2. The van der Waals surface area contributed by atoms with Crippen LogP contribution >= 0.6 is 11.3 Å². The zero-order chi connectivity index (χ0) is 21.5. The third kappa shape index (κ3) is 4.20. The third-order valence-corrected chi connectivity index (χ3v) is 8.29. The molecule has 0 N–H and O–H groups in total. The molecule has 4 rings (SSSR count). The first kappa shape index (κ1) is 20.8. The first-order valence-electron chi connectivity index (χ1n) is 9.93. The molecule has 3 aromatic rings. The second kappa shape index (κ2) is 8.00. The number of carbonyl (C=O) groups excluding carboxylic acids is 1. The van der Waals surface area contributed by atoms with E-state index < -0.39 is 15.6 Å². The largest absolute Gasteiger partial charge is 0.345 e. The van der Waals surface area contributed by atoms with Crippen molar-refractivity contribution in [2.24, 2.45) is 0 Å². The minimum atomic E-state index is -3.63. The van der Waals surface area contributed by atoms with Gasteiger partial charge in [-0.3, -0.25) is 4.79 Å². The Kier molecular flexibility index (Phi) is 5.55. The zero-order valence-corrected chi connectivity index (χ0v) is 19.0. The van der Waals surface area contributed by atoms with E-state index in [1.54, 1.807) is 40.5 Å². The number of fused-ring (bicyclic) bond motifs is 1. The molecule has 158 valence electrons. The lowest BCUT2D eigenvalue weighted by Gasteiger charge is -2.34. The fraction of sp³-hybridized carbons (Fsp3) is 0.364. The van der Waals surface area contributed by atoms with Gasteiger partial charge >= 0.3 is 0 Å². The second-order valence-corrected chi connectivity index (χ2v) is 10.8. The number of carbonyl (C=O) groups is 1. The number of thiazole rings is 1. The second-order valence-electron chi connectivity index (χ2n) is 7.84. The van der Waals surface area contributed by atoms with Crippen molar-refractivity contribution >= 4 is 42.4 Å². The monoisotopic (exact) mass is 443 g/mol. The van der Waals surface area contributed by atoms with Crippen molar-refractivity contribution in [1.29, 1.82) is 0 Å². The molecule has 1 aliphatic heterocycles. The number of sulfone groups is 1. The summed E-state index contributed by atoms with van der Waals surface area (Å²) < 4.78 is 26.3. The van der Waals surface area contributed by atoms with Gasteiger partial charge in [-0.2, -0.15) is 0 Å². The maximum Gasteiger partial charge on any atom is 0.238 e. The van der Waals surface area contributed by atoms with Crippen LogP contribution in [0, 0.1) is 20.8 Å². The lowest BCUT2D eigenvalue weighted by atomic mass is 10.1. The molecule has 8 heteroatoms. The van der Waals surface area contributed by atoms with Crippen molar-refractivity contribution in [3.8, 4) is 0 Å². The first-order chi connectivity index (χ1) is 14.2. The minimum Gasteiger partial charge on any atom is -0.345 e. The van der Waals surface area contributed by atoms with Gasteiger partial charge in [-0.15, -0.1) is 0 Å². The van der Waals surface area contributed by atoms with Gasteiger partial charge in [-0.05, 0) is 56.2 Å². The van der Waals surface area contributed by atoms with E-state index in [2.05, 4.69) is 30.9 Å². The van der Waals surface area contributed by atoms with Crippen molar-refractivity contribution in [3.63, 3.8) is 0 Å². The summed E-state index contributed by atoms with van der Waals surface area (Å²) in [5.74, 6) is -0.832. The summed E-state index contributed by atoms with van der Waals surface area (Å²) in [6.07, 6.45) is 0. The van der Waals surface area contributed by atoms with Crippen LogP contribution in [0.5, 0.6) is 0 Å². The van der Waals surface area contributed by atoms with Crippen LogP contribution in [-0.4, -0.2) is 56.1 Å². The van der Waals surface area contributed by atoms with Crippen LogP contribution in [-0.2, 0) is 14.6 Å². The summed E-state index contributed by atoms with van der Waals surface area (Å²) in [5.41, 5.74) is 4.46. The van der Waals surface area contributed by atoms with Gasteiger partial charge in [-0.1, -0.05) is 29.0 Å². The van der Waals surface area contributed by atoms with Crippen LogP contribution in [0.1, 0.15) is 16.7 Å². The Balaban J connectivity index is 1.40. The number of rotatable bonds is 4. The lowest BCUT2D eigenvalue weighted by molar-refractivity contribution is -0.128. The number of hydrogen-bond donors (Lipinski definition) is 0. The highest BCUT2D eigenvalue weighted by atomic mass is 32.2. The molecule has 2 aromatic carbocycles. The molecule has 2 heterocycles. The van der Waals surface area contributed by atoms with Crippen molar-refractivity contribution in [1.82, 2.24) is 9.88 Å². The number of anilines is 1. The predicted octanol–water partition coefficient (Wildman–Crippen LogP) is 3.34. The predicted molar refractivity (Wildman–Crippen MR) is 121 cm³/mol. The van der Waals surface area contributed by atoms with Gasteiger partial charge in [0.25, 0.3) is 0 Å². The number of aryl methyl sites for hydroxylation is 3. The molecule has 0 saturated carbocycles. The van der Waals surface area contributed by atoms with Crippen LogP contribution in [0.4, 0.5) is 5.13 Å². The van der Waals surface area contributed by atoms with Crippen LogP contribution in [0.15, 0.2) is 41.3 Å². The number of hydrogen-bond acceptors (Lipinski definition) is 6. The molecule has 1 amide bonds. The summed E-state index contributed by atoms with van der Waals surface area (Å²) in [6, 6.07) is 10.9. The topological polar surface area (TPSA) is 70.6 Å². The lowest BCUT2D eigenvalue weighted by Crippen LogP contribution is -2.50. The quantitative estimate of drug-likeness (QED) is 0.619. The Morgan fingerprint density at radius 1 is 1.00 bits per heavy atom. The average molecular weight is 444 g/mol. The molecule has 1 aliphatic rings. The summed E-state index contributed by atoms with van der Waals surface area (Å²) >= 11 is 1.66. The van der Waals surface area contributed by atoms with E-state index in [0.29, 0.717) is 26.2 Å². The maximum absolute atomic E-state index is 12.6. The van der Waals surface area contributed by atoms with E-state index in [1.807, 2.05) is 6.92 Å². The Morgan fingerprint density at radius 2 is 1.63 bits per heavy atom. The average Bonchev–Trinajstić information content (AvgIpc) is 3.11. The Morgan fingerprint density at radius 3 is 2.30 bits per heavy atom. The van der Waals surface area contributed by atoms with Crippen LogP contribution < -0.4 is 4.90 Å². The number of amides is 1. The smallest absolute Gasteiger partial charge is 0.238 e. The zero-order valence-electron chi connectivity index (χ0n) is 17.4. The third-order valence-electron chi connectivity index (χ3n) is 5.59. The van der Waals surface area contributed by atoms with Crippen molar-refractivity contribution in [2.45, 2.75) is 25.7 Å². The molecule has 0 radical (unpaired) electrons. The van der Waals surface area contributed by atoms with Gasteiger partial charge in [0.1, 0.15) is 5.75 Å². The van der Waals surface area contributed by atoms with E-state index in [0.717, 1.165) is 20.9 Å². The molecule has 0 bridgehead atoms. The molecule has 1 saturated heterocycles. The standard InChI is InChI=1S/C22H25N3O3S2/c1-15-4-6-18(7-5-15)30(27,28)14-21(26)24-8-10-25(11-9-24)22-23-19-12-16(2)17(3)13-20(19)29-22/h4-7,12-13H,8-11,14H2,1-3H3.